The molecule has 3 aliphatic rings. The van der Waals surface area contributed by atoms with E-state index >= 15 is 0 Å². The van der Waals surface area contributed by atoms with Gasteiger partial charge in [-0.1, -0.05) is 58.8 Å². The molecule has 7 atom stereocenters. The standard InChI is InChI=1S/C27H42N2O5S/c1-6-10-11-15-28(14-7-2)25(32)23-27-13-12-20(35-27)21(26(33)34-16-8-3)22(27)24(31)29(23)19(17-30)18(5)9-4/h7-8,18-23,30H,2-3,6,9-17H2,1,4-5H3/t18-,19-,20+,21-,22-,23?,27?/m0/s1. The summed E-state index contributed by atoms with van der Waals surface area (Å²) in [7, 11) is 0. The van der Waals surface area contributed by atoms with Gasteiger partial charge in [0.05, 0.1) is 29.2 Å². The van der Waals surface area contributed by atoms with Gasteiger partial charge in [-0.2, -0.15) is 0 Å². The summed E-state index contributed by atoms with van der Waals surface area (Å²) < 4.78 is 4.74. The lowest BCUT2D eigenvalue weighted by molar-refractivity contribution is -0.154. The highest BCUT2D eigenvalue weighted by Crippen LogP contribution is 2.67. The van der Waals surface area contributed by atoms with Crippen LogP contribution < -0.4 is 0 Å². The maximum Gasteiger partial charge on any atom is 0.311 e. The Labute approximate surface area is 214 Å². The van der Waals surface area contributed by atoms with Crippen LogP contribution in [0.4, 0.5) is 0 Å². The normalized spacial score (nSPS) is 30.6. The number of nitrogens with zero attached hydrogens (tertiary/aromatic N) is 2. The minimum absolute atomic E-state index is 0.00999. The van der Waals surface area contributed by atoms with Crippen LogP contribution in [0.2, 0.25) is 0 Å². The van der Waals surface area contributed by atoms with Crippen LogP contribution in [0.3, 0.4) is 0 Å². The monoisotopic (exact) mass is 506 g/mol. The van der Waals surface area contributed by atoms with Gasteiger partial charge in [0.1, 0.15) is 12.6 Å². The van der Waals surface area contributed by atoms with Crippen LogP contribution in [0, 0.1) is 17.8 Å². The molecule has 7 nitrogen and oxygen atoms in total. The summed E-state index contributed by atoms with van der Waals surface area (Å²) in [6.45, 7) is 14.5. The minimum atomic E-state index is -0.708. The molecule has 3 fully saturated rings. The molecular formula is C27H42N2O5S. The lowest BCUT2D eigenvalue weighted by atomic mass is 9.71. The highest BCUT2D eigenvalue weighted by atomic mass is 32.2. The van der Waals surface area contributed by atoms with Crippen molar-refractivity contribution in [2.45, 2.75) is 81.4 Å². The maximum absolute atomic E-state index is 14.3. The fourth-order valence-electron chi connectivity index (χ4n) is 6.22. The average Bonchev–Trinajstić information content (AvgIpc) is 3.50. The van der Waals surface area contributed by atoms with Crippen molar-refractivity contribution in [3.8, 4) is 0 Å². The van der Waals surface area contributed by atoms with E-state index in [1.54, 1.807) is 22.7 Å². The number of aliphatic hydroxyl groups is 1. The van der Waals surface area contributed by atoms with E-state index < -0.39 is 28.7 Å². The Kier molecular flexibility index (Phi) is 9.49. The van der Waals surface area contributed by atoms with E-state index in [0.29, 0.717) is 19.5 Å². The number of thioether (sulfide) groups is 1. The number of ether oxygens (including phenoxy) is 1. The number of unbranched alkanes of at least 4 members (excludes halogenated alkanes) is 2. The Morgan fingerprint density at radius 1 is 1.31 bits per heavy atom. The van der Waals surface area contributed by atoms with Crippen molar-refractivity contribution in [3.63, 3.8) is 0 Å². The van der Waals surface area contributed by atoms with Gasteiger partial charge in [0.15, 0.2) is 0 Å². The van der Waals surface area contributed by atoms with Gasteiger partial charge in [0.25, 0.3) is 0 Å². The number of rotatable bonds is 14. The lowest BCUT2D eigenvalue weighted by Crippen LogP contribution is -2.58. The highest BCUT2D eigenvalue weighted by molar-refractivity contribution is 8.02. The molecule has 1 N–H and O–H groups in total. The number of carbonyl (C=O) groups excluding carboxylic acids is 3. The Bertz CT molecular complexity index is 819. The molecule has 3 rings (SSSR count). The molecule has 0 aliphatic carbocycles. The van der Waals surface area contributed by atoms with Gasteiger partial charge in [-0.25, -0.2) is 0 Å². The highest BCUT2D eigenvalue weighted by Gasteiger charge is 2.74. The first-order valence-electron chi connectivity index (χ1n) is 13.1. The van der Waals surface area contributed by atoms with Crippen molar-refractivity contribution in [2.24, 2.45) is 17.8 Å². The molecular weight excluding hydrogens is 464 g/mol. The molecule has 0 aromatic rings. The topological polar surface area (TPSA) is 87.1 Å². The number of hydrogen-bond donors (Lipinski definition) is 1. The van der Waals surface area contributed by atoms with Gasteiger partial charge in [-0.3, -0.25) is 14.4 Å². The van der Waals surface area contributed by atoms with Gasteiger partial charge >= 0.3 is 5.97 Å². The van der Waals surface area contributed by atoms with Crippen LogP contribution >= 0.6 is 11.8 Å². The van der Waals surface area contributed by atoms with E-state index in [4.69, 9.17) is 4.74 Å². The predicted molar refractivity (Wildman–Crippen MR) is 139 cm³/mol. The Hall–Kier alpha value is -1.80. The van der Waals surface area contributed by atoms with E-state index in [-0.39, 0.29) is 42.2 Å². The predicted octanol–water partition coefficient (Wildman–Crippen LogP) is 3.42. The number of likely N-dealkylation sites (tertiary alicyclic amines) is 1. The third-order valence-corrected chi connectivity index (χ3v) is 10.1. The van der Waals surface area contributed by atoms with Gasteiger partial charge in [-0.15, -0.1) is 18.3 Å². The number of aliphatic hydroxyl groups excluding tert-OH is 1. The Morgan fingerprint density at radius 3 is 2.66 bits per heavy atom. The van der Waals surface area contributed by atoms with Crippen molar-refractivity contribution in [3.05, 3.63) is 25.3 Å². The largest absolute Gasteiger partial charge is 0.461 e. The fraction of sp³-hybridized carbons (Fsp3) is 0.741. The third kappa shape index (κ3) is 4.93. The molecule has 1 spiro atoms. The van der Waals surface area contributed by atoms with Gasteiger partial charge < -0.3 is 19.6 Å². The van der Waals surface area contributed by atoms with E-state index in [0.717, 1.165) is 32.1 Å². The Balaban J connectivity index is 2.05. The molecule has 2 amide bonds. The lowest BCUT2D eigenvalue weighted by Gasteiger charge is -2.41. The van der Waals surface area contributed by atoms with Crippen LogP contribution in [0.15, 0.2) is 25.3 Å². The second-order valence-electron chi connectivity index (χ2n) is 10.1. The van der Waals surface area contributed by atoms with Crippen molar-refractivity contribution in [1.82, 2.24) is 9.80 Å². The molecule has 0 radical (unpaired) electrons. The second kappa shape index (κ2) is 12.0. The summed E-state index contributed by atoms with van der Waals surface area (Å²) in [6.07, 6.45) is 8.43. The van der Waals surface area contributed by atoms with Crippen molar-refractivity contribution in [2.75, 3.05) is 26.3 Å². The molecule has 3 heterocycles. The number of esters is 1. The van der Waals surface area contributed by atoms with Gasteiger partial charge in [0.2, 0.25) is 11.8 Å². The SMILES string of the molecule is C=CCOC(=O)[C@@H]1[C@H]2C(=O)N([C@@H](CO)[C@@H](C)CC)C(C(=O)N(CC=C)CCCCC)C23CC[C@H]1S3. The average molecular weight is 507 g/mol. The van der Waals surface area contributed by atoms with Gasteiger partial charge in [0, 0.05) is 18.3 Å². The molecule has 35 heavy (non-hydrogen) atoms. The van der Waals surface area contributed by atoms with E-state index in [1.165, 1.54) is 6.08 Å². The van der Waals surface area contributed by atoms with E-state index in [9.17, 15) is 19.5 Å². The first-order valence-corrected chi connectivity index (χ1v) is 14.0. The summed E-state index contributed by atoms with van der Waals surface area (Å²) >= 11 is 1.63. The van der Waals surface area contributed by atoms with Crippen molar-refractivity contribution < 1.29 is 24.2 Å². The molecule has 3 saturated heterocycles. The summed E-state index contributed by atoms with van der Waals surface area (Å²) in [5, 5.41) is 10.4. The summed E-state index contributed by atoms with van der Waals surface area (Å²) in [5.74, 6) is -1.85. The first kappa shape index (κ1) is 27.8. The second-order valence-corrected chi connectivity index (χ2v) is 11.7. The van der Waals surface area contributed by atoms with Crippen molar-refractivity contribution in [1.29, 1.82) is 0 Å². The van der Waals surface area contributed by atoms with Crippen LogP contribution in [0.25, 0.3) is 0 Å². The molecule has 3 aliphatic heterocycles. The summed E-state index contributed by atoms with van der Waals surface area (Å²) in [6, 6.07) is -1.19. The molecule has 2 unspecified atom stereocenters. The van der Waals surface area contributed by atoms with E-state index in [2.05, 4.69) is 20.1 Å². The zero-order valence-corrected chi connectivity index (χ0v) is 22.3. The van der Waals surface area contributed by atoms with E-state index in [1.807, 2.05) is 18.7 Å². The first-order chi connectivity index (χ1) is 16.8. The maximum atomic E-state index is 14.3. The fourth-order valence-corrected chi connectivity index (χ4v) is 8.41. The molecule has 8 heteroatoms. The smallest absolute Gasteiger partial charge is 0.311 e. The molecule has 196 valence electrons. The number of carbonyl (C=O) groups is 3. The van der Waals surface area contributed by atoms with Gasteiger partial charge in [-0.05, 0) is 25.2 Å². The Morgan fingerprint density at radius 2 is 2.06 bits per heavy atom. The number of hydrogen-bond acceptors (Lipinski definition) is 6. The number of fused-ring (bicyclic) bond motifs is 1. The molecule has 2 bridgehead atoms. The number of amides is 2. The zero-order valence-electron chi connectivity index (χ0n) is 21.5. The van der Waals surface area contributed by atoms with Crippen LogP contribution in [-0.2, 0) is 19.1 Å². The molecule has 0 saturated carbocycles. The van der Waals surface area contributed by atoms with Crippen LogP contribution in [0.5, 0.6) is 0 Å². The quantitative estimate of drug-likeness (QED) is 0.221. The van der Waals surface area contributed by atoms with Crippen molar-refractivity contribution >= 4 is 29.5 Å². The van der Waals surface area contributed by atoms with Crippen LogP contribution in [-0.4, -0.2) is 81.1 Å². The third-order valence-electron chi connectivity index (χ3n) is 8.13. The summed E-state index contributed by atoms with van der Waals surface area (Å²) in [5.41, 5.74) is 0. The van der Waals surface area contributed by atoms with Crippen LogP contribution in [0.1, 0.15) is 59.3 Å². The molecule has 0 aromatic heterocycles. The summed E-state index contributed by atoms with van der Waals surface area (Å²) in [4.78, 5) is 44.9. The molecule has 0 aromatic carbocycles. The zero-order chi connectivity index (χ0) is 25.8. The minimum Gasteiger partial charge on any atom is -0.461 e.